The first-order valence-corrected chi connectivity index (χ1v) is 9.76. The maximum Gasteiger partial charge on any atom is 0.534 e. The van der Waals surface area contributed by atoms with Gasteiger partial charge in [-0.1, -0.05) is 51.7 Å². The Morgan fingerprint density at radius 3 is 2.42 bits per heavy atom. The third-order valence-corrected chi connectivity index (χ3v) is 4.83. The number of halogens is 3. The average molecular weight is 396 g/mol. The number of hydrogen-bond donors (Lipinski definition) is 0. The summed E-state index contributed by atoms with van der Waals surface area (Å²) in [6.07, 6.45) is 4.66. The highest BCUT2D eigenvalue weighted by Gasteiger charge is 2.49. The van der Waals surface area contributed by atoms with Gasteiger partial charge in [0.25, 0.3) is 0 Å². The molecule has 0 aliphatic carbocycles. The quantitative estimate of drug-likeness (QED) is 0.249. The fourth-order valence-electron chi connectivity index (χ4n) is 2.09. The first kappa shape index (κ1) is 22.3. The Bertz CT molecular complexity index is 686. The van der Waals surface area contributed by atoms with Crippen molar-refractivity contribution in [3.05, 3.63) is 29.8 Å². The zero-order valence-corrected chi connectivity index (χ0v) is 15.5. The highest BCUT2D eigenvalue weighted by Crippen LogP contribution is 2.29. The highest BCUT2D eigenvalue weighted by atomic mass is 32.2. The molecule has 0 aromatic heterocycles. The summed E-state index contributed by atoms with van der Waals surface area (Å²) >= 11 is 0. The van der Waals surface area contributed by atoms with Crippen LogP contribution in [0.4, 0.5) is 13.2 Å². The molecule has 0 heterocycles. The van der Waals surface area contributed by atoms with Crippen molar-refractivity contribution in [1.82, 2.24) is 0 Å². The molecule has 0 N–H and O–H groups in total. The van der Waals surface area contributed by atoms with Crippen LogP contribution in [0.3, 0.4) is 0 Å². The van der Waals surface area contributed by atoms with Gasteiger partial charge < -0.3 is 8.92 Å². The van der Waals surface area contributed by atoms with Crippen LogP contribution in [0, 0.1) is 5.92 Å². The van der Waals surface area contributed by atoms with Crippen molar-refractivity contribution in [3.8, 4) is 5.75 Å². The van der Waals surface area contributed by atoms with E-state index >= 15 is 0 Å². The average Bonchev–Trinajstić information content (AvgIpc) is 2.56. The molecular weight excluding hydrogens is 373 g/mol. The van der Waals surface area contributed by atoms with E-state index in [0.717, 1.165) is 37.8 Å². The fraction of sp³-hybridized carbons (Fsp3) is 0.588. The minimum absolute atomic E-state index is 0.0969. The first-order chi connectivity index (χ1) is 12.1. The molecule has 0 amide bonds. The number of hydrogen-bond acceptors (Lipinski definition) is 5. The summed E-state index contributed by atoms with van der Waals surface area (Å²) < 4.78 is 68.6. The lowest BCUT2D eigenvalue weighted by molar-refractivity contribution is -0.0500. The molecule has 0 saturated heterocycles. The molecule has 148 valence electrons. The number of ether oxygens (including phenoxy) is 1. The van der Waals surface area contributed by atoms with Gasteiger partial charge in [-0.3, -0.25) is 0 Å². The summed E-state index contributed by atoms with van der Waals surface area (Å²) in [7, 11) is -5.86. The van der Waals surface area contributed by atoms with Crippen LogP contribution in [0.15, 0.2) is 24.3 Å². The van der Waals surface area contributed by atoms with E-state index in [0.29, 0.717) is 12.3 Å². The molecule has 0 fully saturated rings. The summed E-state index contributed by atoms with van der Waals surface area (Å²) in [6, 6.07) is 4.74. The maximum absolute atomic E-state index is 12.4. The van der Waals surface area contributed by atoms with Gasteiger partial charge in [-0.05, 0) is 24.5 Å². The van der Waals surface area contributed by atoms with Gasteiger partial charge in [0.15, 0.2) is 5.75 Å². The minimum Gasteiger partial charge on any atom is -0.462 e. The molecule has 1 aromatic rings. The van der Waals surface area contributed by atoms with E-state index in [2.05, 4.69) is 18.0 Å². The molecule has 0 aliphatic heterocycles. The van der Waals surface area contributed by atoms with Gasteiger partial charge in [-0.25, -0.2) is 4.79 Å². The van der Waals surface area contributed by atoms with E-state index in [1.165, 1.54) is 12.1 Å². The standard InChI is InChI=1S/C17H23F3O5S/c1-3-13(2)9-5-4-8-12-24-16(21)14-10-6-7-11-15(14)25-26(22,23)17(18,19)20/h6-7,10-11,13H,3-5,8-9,12H2,1-2H3. The molecular formula is C17H23F3O5S. The van der Waals surface area contributed by atoms with Crippen LogP contribution in [0.2, 0.25) is 0 Å². The van der Waals surface area contributed by atoms with Crippen molar-refractivity contribution >= 4 is 16.1 Å². The molecule has 1 aromatic carbocycles. The Morgan fingerprint density at radius 2 is 1.81 bits per heavy atom. The van der Waals surface area contributed by atoms with Crippen LogP contribution in [0.1, 0.15) is 56.3 Å². The van der Waals surface area contributed by atoms with Gasteiger partial charge in [0.05, 0.1) is 6.61 Å². The minimum atomic E-state index is -5.86. The third kappa shape index (κ3) is 6.86. The summed E-state index contributed by atoms with van der Waals surface area (Å²) in [5.41, 5.74) is -5.96. The third-order valence-electron chi connectivity index (χ3n) is 3.86. The van der Waals surface area contributed by atoms with E-state index < -0.39 is 27.3 Å². The fourth-order valence-corrected chi connectivity index (χ4v) is 2.57. The van der Waals surface area contributed by atoms with Gasteiger partial charge >= 0.3 is 21.6 Å². The number of carbonyl (C=O) groups excluding carboxylic acids is 1. The predicted octanol–water partition coefficient (Wildman–Crippen LogP) is 4.68. The molecule has 0 bridgehead atoms. The Labute approximate surface area is 151 Å². The van der Waals surface area contributed by atoms with E-state index in [1.807, 2.05) is 0 Å². The van der Waals surface area contributed by atoms with E-state index in [4.69, 9.17) is 4.74 Å². The highest BCUT2D eigenvalue weighted by molar-refractivity contribution is 7.88. The largest absolute Gasteiger partial charge is 0.534 e. The van der Waals surface area contributed by atoms with Crippen molar-refractivity contribution in [2.45, 2.75) is 51.5 Å². The van der Waals surface area contributed by atoms with Crippen LogP contribution in [-0.2, 0) is 14.9 Å². The number of esters is 1. The molecule has 1 unspecified atom stereocenters. The maximum atomic E-state index is 12.4. The second kappa shape index (κ2) is 9.80. The lowest BCUT2D eigenvalue weighted by Gasteiger charge is -2.12. The van der Waals surface area contributed by atoms with Gasteiger partial charge in [0, 0.05) is 0 Å². The van der Waals surface area contributed by atoms with Crippen molar-refractivity contribution < 1.29 is 35.3 Å². The zero-order valence-electron chi connectivity index (χ0n) is 14.7. The molecule has 0 spiro atoms. The van der Waals surface area contributed by atoms with Gasteiger partial charge in [-0.15, -0.1) is 0 Å². The first-order valence-electron chi connectivity index (χ1n) is 8.35. The van der Waals surface area contributed by atoms with Crippen molar-refractivity contribution in [3.63, 3.8) is 0 Å². The molecule has 1 rings (SSSR count). The molecule has 5 nitrogen and oxygen atoms in total. The SMILES string of the molecule is CCC(C)CCCCCOC(=O)c1ccccc1OS(=O)(=O)C(F)(F)F. The second-order valence-corrected chi connectivity index (χ2v) is 7.52. The molecule has 0 aliphatic rings. The monoisotopic (exact) mass is 396 g/mol. The van der Waals surface area contributed by atoms with Crippen LogP contribution in [0.5, 0.6) is 5.75 Å². The topological polar surface area (TPSA) is 69.7 Å². The lowest BCUT2D eigenvalue weighted by Crippen LogP contribution is -2.28. The van der Waals surface area contributed by atoms with Gasteiger partial charge in [0.1, 0.15) is 5.56 Å². The van der Waals surface area contributed by atoms with Crippen LogP contribution >= 0.6 is 0 Å². The molecule has 26 heavy (non-hydrogen) atoms. The number of alkyl halides is 3. The van der Waals surface area contributed by atoms with E-state index in [1.54, 1.807) is 0 Å². The van der Waals surface area contributed by atoms with Gasteiger partial charge in [-0.2, -0.15) is 21.6 Å². The molecule has 0 saturated carbocycles. The van der Waals surface area contributed by atoms with E-state index in [9.17, 15) is 26.4 Å². The summed E-state index contributed by atoms with van der Waals surface area (Å²) in [5.74, 6) is -1.01. The van der Waals surface area contributed by atoms with Crippen LogP contribution in [0.25, 0.3) is 0 Å². The number of para-hydroxylation sites is 1. The van der Waals surface area contributed by atoms with Crippen molar-refractivity contribution in [1.29, 1.82) is 0 Å². The second-order valence-electron chi connectivity index (χ2n) is 5.98. The lowest BCUT2D eigenvalue weighted by atomic mass is 10.0. The Balaban J connectivity index is 2.60. The van der Waals surface area contributed by atoms with Crippen molar-refractivity contribution in [2.24, 2.45) is 5.92 Å². The molecule has 9 heteroatoms. The Morgan fingerprint density at radius 1 is 1.15 bits per heavy atom. The molecule has 1 atom stereocenters. The zero-order chi connectivity index (χ0) is 19.8. The summed E-state index contributed by atoms with van der Waals surface area (Å²) in [5, 5.41) is 0. The van der Waals surface area contributed by atoms with Crippen molar-refractivity contribution in [2.75, 3.05) is 6.61 Å². The summed E-state index contributed by atoms with van der Waals surface area (Å²) in [4.78, 5) is 12.0. The smallest absolute Gasteiger partial charge is 0.462 e. The number of unbranched alkanes of at least 4 members (excludes halogenated alkanes) is 2. The van der Waals surface area contributed by atoms with Gasteiger partial charge in [0.2, 0.25) is 0 Å². The number of rotatable bonds is 10. The number of carbonyl (C=O) groups is 1. The Hall–Kier alpha value is -1.77. The number of benzene rings is 1. The normalized spacial score (nSPS) is 13.3. The van der Waals surface area contributed by atoms with E-state index in [-0.39, 0.29) is 12.2 Å². The summed E-state index contributed by atoms with van der Waals surface area (Å²) in [6.45, 7) is 4.37. The van der Waals surface area contributed by atoms with Crippen LogP contribution < -0.4 is 4.18 Å². The molecule has 0 radical (unpaired) electrons. The Kier molecular flexibility index (Phi) is 8.39. The predicted molar refractivity (Wildman–Crippen MR) is 90.3 cm³/mol. The van der Waals surface area contributed by atoms with Crippen LogP contribution in [-0.4, -0.2) is 26.5 Å².